The number of hydrogen-bond acceptors (Lipinski definition) is 14. The minimum atomic E-state index is -1.35. The molecule has 3 fully saturated rings. The lowest BCUT2D eigenvalue weighted by Gasteiger charge is -2.49. The Morgan fingerprint density at radius 3 is 1.89 bits per heavy atom. The number of Topliss-reactive ketones (excluding diaryl/α,β-unsaturated/α-hetero) is 1. The maximum absolute atomic E-state index is 15.0. The second kappa shape index (κ2) is 21.5. The number of anilines is 1. The van der Waals surface area contributed by atoms with E-state index in [2.05, 4.69) is 14.5 Å². The van der Waals surface area contributed by atoms with E-state index in [1.807, 2.05) is 172 Å². The van der Waals surface area contributed by atoms with E-state index in [0.29, 0.717) is 43.6 Å². The molecule has 0 bridgehead atoms. The number of rotatable bonds is 15. The van der Waals surface area contributed by atoms with E-state index in [1.165, 1.54) is 16.7 Å². The molecule has 6 aromatic rings. The molecular weight excluding hydrogens is 987 g/mol. The van der Waals surface area contributed by atoms with Crippen molar-refractivity contribution in [1.29, 1.82) is 0 Å². The molecule has 5 aromatic carbocycles. The van der Waals surface area contributed by atoms with Gasteiger partial charge in [-0.2, -0.15) is 9.36 Å². The molecule has 0 saturated carbocycles. The van der Waals surface area contributed by atoms with Crippen molar-refractivity contribution in [3.05, 3.63) is 208 Å². The number of likely N-dealkylation sites (tertiary alicyclic amines) is 2. The van der Waals surface area contributed by atoms with Crippen molar-refractivity contribution >= 4 is 63.8 Å². The Morgan fingerprint density at radius 1 is 0.800 bits per heavy atom. The topological polar surface area (TPSA) is 187 Å². The summed E-state index contributed by atoms with van der Waals surface area (Å²) in [6.07, 6.45) is 1.12. The fraction of sp³-hybridized carbons (Fsp3) is 0.276. The highest BCUT2D eigenvalue weighted by Gasteiger charge is 2.55. The van der Waals surface area contributed by atoms with Crippen molar-refractivity contribution in [2.45, 2.75) is 68.8 Å². The van der Waals surface area contributed by atoms with E-state index in [-0.39, 0.29) is 46.5 Å². The first-order valence-corrected chi connectivity index (χ1v) is 26.6. The maximum Gasteiger partial charge on any atom is 0.410 e. The van der Waals surface area contributed by atoms with Gasteiger partial charge in [0.1, 0.15) is 11.3 Å². The summed E-state index contributed by atoms with van der Waals surface area (Å²) in [5, 5.41) is 4.07. The number of fused-ring (bicyclic) bond motifs is 1. The molecule has 2 N–H and O–H groups in total. The summed E-state index contributed by atoms with van der Waals surface area (Å²) in [6.45, 7) is 6.67. The lowest BCUT2D eigenvalue weighted by atomic mass is 9.80. The van der Waals surface area contributed by atoms with E-state index in [0.717, 1.165) is 39.3 Å². The van der Waals surface area contributed by atoms with Gasteiger partial charge in [0.15, 0.2) is 22.7 Å². The third-order valence-electron chi connectivity index (χ3n) is 13.6. The highest BCUT2D eigenvalue weighted by Crippen LogP contribution is 2.47. The summed E-state index contributed by atoms with van der Waals surface area (Å²) in [6, 6.07) is 47.1. The van der Waals surface area contributed by atoms with Crippen LogP contribution in [0.5, 0.6) is 0 Å². The summed E-state index contributed by atoms with van der Waals surface area (Å²) in [5.74, 6) is -2.75. The maximum atomic E-state index is 15.0. The molecule has 1 aromatic heterocycles. The average molecular weight is 1040 g/mol. The van der Waals surface area contributed by atoms with E-state index in [4.69, 9.17) is 20.0 Å². The highest BCUT2D eigenvalue weighted by molar-refractivity contribution is 8.00. The van der Waals surface area contributed by atoms with Gasteiger partial charge in [-0.05, 0) is 56.4 Å². The summed E-state index contributed by atoms with van der Waals surface area (Å²) < 4.78 is 16.4. The Balaban J connectivity index is 0.969. The zero-order valence-corrected chi connectivity index (χ0v) is 43.2. The van der Waals surface area contributed by atoms with Crippen molar-refractivity contribution in [2.24, 2.45) is 11.1 Å². The van der Waals surface area contributed by atoms with Crippen LogP contribution in [0.4, 0.5) is 9.93 Å². The molecule has 10 rings (SSSR count). The molecule has 0 aliphatic carbocycles. The number of nitrogens with zero attached hydrogens (tertiary/aromatic N) is 6. The van der Waals surface area contributed by atoms with Gasteiger partial charge in [0.05, 0.1) is 17.3 Å². The van der Waals surface area contributed by atoms with Crippen LogP contribution in [-0.4, -0.2) is 102 Å². The Hall–Kier alpha value is -7.89. The van der Waals surface area contributed by atoms with Crippen LogP contribution < -0.4 is 5.73 Å². The zero-order chi connectivity index (χ0) is 52.3. The van der Waals surface area contributed by atoms with Crippen LogP contribution in [0.2, 0.25) is 0 Å². The van der Waals surface area contributed by atoms with Gasteiger partial charge in [0.25, 0.3) is 0 Å². The van der Waals surface area contributed by atoms with Gasteiger partial charge >= 0.3 is 12.1 Å². The molecule has 3 atom stereocenters. The van der Waals surface area contributed by atoms with E-state index in [1.54, 1.807) is 15.9 Å². The number of carbonyl (C=O) groups is 5. The van der Waals surface area contributed by atoms with Crippen molar-refractivity contribution in [2.75, 3.05) is 31.1 Å². The number of aromatic nitrogens is 2. The van der Waals surface area contributed by atoms with E-state index < -0.39 is 52.4 Å². The standard InChI is InChI=1S/C58H55N7O8S2/c1-57(2,3)72-56(70)63-31-30-44(35-63)64-32-29-39(51(64)67)33-40-36-74-53-45(52(68)65(53)48(40)54(69)71-49(37-19-9-4-10-20-37)38-21-11-5-12-22-38)34-46(66)47(50-60-55(59)75-62-50)61-73-58(41-23-13-6-14-24-41,42-25-15-7-16-26-42)43-27-17-8-18-28-43/h4-28,33,44-45,49,53H,29-32,34-36H2,1-3H3,(H2,59,60,62)/b39-33+,61-47+/t44-,45?,53-/m1/s1. The molecule has 0 spiro atoms. The summed E-state index contributed by atoms with van der Waals surface area (Å²) in [5.41, 5.74) is 8.45. The van der Waals surface area contributed by atoms with Gasteiger partial charge in [0, 0.05) is 65.6 Å². The number of allylic oxidation sites excluding steroid dienone is 1. The second-order valence-electron chi connectivity index (χ2n) is 19.7. The first-order valence-electron chi connectivity index (χ1n) is 24.8. The van der Waals surface area contributed by atoms with Crippen LogP contribution in [0.3, 0.4) is 0 Å². The molecule has 3 saturated heterocycles. The Kier molecular flexibility index (Phi) is 14.5. The van der Waals surface area contributed by atoms with E-state index >= 15 is 0 Å². The van der Waals surface area contributed by atoms with Crippen LogP contribution in [0, 0.1) is 5.92 Å². The number of benzene rings is 5. The summed E-state index contributed by atoms with van der Waals surface area (Å²) in [7, 11) is 0. The van der Waals surface area contributed by atoms with Gasteiger partial charge < -0.3 is 29.8 Å². The van der Waals surface area contributed by atoms with E-state index in [9.17, 15) is 24.0 Å². The minimum absolute atomic E-state index is 0.00422. The molecule has 382 valence electrons. The van der Waals surface area contributed by atoms with Gasteiger partial charge in [0.2, 0.25) is 23.2 Å². The quantitative estimate of drug-likeness (QED) is 0.0257. The minimum Gasteiger partial charge on any atom is -0.448 e. The largest absolute Gasteiger partial charge is 0.448 e. The number of nitrogen functional groups attached to an aromatic ring is 1. The smallest absolute Gasteiger partial charge is 0.410 e. The number of oxime groups is 1. The Morgan fingerprint density at radius 2 is 1.36 bits per heavy atom. The predicted molar refractivity (Wildman–Crippen MR) is 286 cm³/mol. The monoisotopic (exact) mass is 1040 g/mol. The molecule has 3 amide bonds. The molecule has 17 heteroatoms. The van der Waals surface area contributed by atoms with Crippen molar-refractivity contribution < 1.29 is 38.3 Å². The van der Waals surface area contributed by atoms with Crippen molar-refractivity contribution in [1.82, 2.24) is 24.1 Å². The number of ether oxygens (including phenoxy) is 2. The SMILES string of the molecule is CC(C)(C)OC(=O)N1CC[C@@H](N2CC/C(=C\C3=C(C(=O)OC(c4ccccc4)c4ccccc4)N4C(=O)C(CC(=O)/C(=N\OC(c5ccccc5)(c5ccccc5)c5ccccc5)c5nsc(N)n5)[C@H]4SC3)C2=O)C1. The predicted octanol–water partition coefficient (Wildman–Crippen LogP) is 9.08. The summed E-state index contributed by atoms with van der Waals surface area (Å²) >= 11 is 2.28. The number of amides is 3. The molecular formula is C58H55N7O8S2. The van der Waals surface area contributed by atoms with Crippen LogP contribution >= 0.6 is 23.3 Å². The van der Waals surface area contributed by atoms with Crippen LogP contribution in [0.25, 0.3) is 0 Å². The van der Waals surface area contributed by atoms with Crippen LogP contribution in [0.1, 0.15) is 79.8 Å². The normalized spacial score (nSPS) is 19.6. The fourth-order valence-corrected chi connectivity index (χ4v) is 11.9. The fourth-order valence-electron chi connectivity index (χ4n) is 10.1. The molecule has 15 nitrogen and oxygen atoms in total. The van der Waals surface area contributed by atoms with Crippen LogP contribution in [-0.2, 0) is 39.1 Å². The first-order chi connectivity index (χ1) is 36.3. The Bertz CT molecular complexity index is 3050. The molecule has 4 aliphatic rings. The number of nitrogens with two attached hydrogens (primary N) is 1. The number of carbonyl (C=O) groups excluding carboxylic acids is 5. The average Bonchev–Trinajstić information content (AvgIpc) is 4.23. The third kappa shape index (κ3) is 10.5. The number of ketones is 1. The first kappa shape index (κ1) is 50.6. The van der Waals surface area contributed by atoms with Crippen molar-refractivity contribution in [3.63, 3.8) is 0 Å². The van der Waals surface area contributed by atoms with Crippen molar-refractivity contribution in [3.8, 4) is 0 Å². The zero-order valence-electron chi connectivity index (χ0n) is 41.6. The van der Waals surface area contributed by atoms with Gasteiger partial charge in [-0.15, -0.1) is 11.8 Å². The number of hydrogen-bond donors (Lipinski definition) is 1. The molecule has 1 unspecified atom stereocenters. The molecule has 75 heavy (non-hydrogen) atoms. The number of β-lactam (4-membered cyclic amide) rings is 1. The number of esters is 1. The van der Waals surface area contributed by atoms with Crippen LogP contribution in [0.15, 0.2) is 180 Å². The van der Waals surface area contributed by atoms with Gasteiger partial charge in [-0.3, -0.25) is 19.3 Å². The third-order valence-corrected chi connectivity index (χ3v) is 15.5. The lowest BCUT2D eigenvalue weighted by molar-refractivity contribution is -0.157. The molecule has 0 radical (unpaired) electrons. The van der Waals surface area contributed by atoms with Gasteiger partial charge in [-0.25, -0.2) is 9.59 Å². The summed E-state index contributed by atoms with van der Waals surface area (Å²) in [4.78, 5) is 87.8. The molecule has 4 aliphatic heterocycles. The van der Waals surface area contributed by atoms with Gasteiger partial charge in [-0.1, -0.05) is 157 Å². The number of thioether (sulfide) groups is 1. The highest BCUT2D eigenvalue weighted by atomic mass is 32.2. The second-order valence-corrected chi connectivity index (χ2v) is 21.6. The molecule has 5 heterocycles. The Labute approximate surface area is 443 Å². The lowest BCUT2D eigenvalue weighted by Crippen LogP contribution is -2.62.